The summed E-state index contributed by atoms with van der Waals surface area (Å²) in [7, 11) is 0. The summed E-state index contributed by atoms with van der Waals surface area (Å²) in [5, 5.41) is 10.9. The summed E-state index contributed by atoms with van der Waals surface area (Å²) in [5.41, 5.74) is 5.41. The van der Waals surface area contributed by atoms with Gasteiger partial charge in [-0.2, -0.15) is 9.97 Å². The molecule has 0 saturated carbocycles. The molecule has 0 unspecified atom stereocenters. The van der Waals surface area contributed by atoms with Crippen molar-refractivity contribution in [1.29, 1.82) is 0 Å². The normalized spacial score (nSPS) is 10.8. The summed E-state index contributed by atoms with van der Waals surface area (Å²) in [6.07, 6.45) is 0. The molecule has 0 spiro atoms. The van der Waals surface area contributed by atoms with Crippen molar-refractivity contribution in [3.8, 4) is 11.7 Å². The van der Waals surface area contributed by atoms with Crippen molar-refractivity contribution in [2.75, 3.05) is 5.73 Å². The number of hydrogen-bond acceptors (Lipinski definition) is 7. The van der Waals surface area contributed by atoms with E-state index in [1.54, 1.807) is 11.8 Å². The third kappa shape index (κ3) is 2.91. The number of aromatic amines is 1. The Kier molecular flexibility index (Phi) is 3.57. The molecule has 102 valence electrons. The third-order valence-electron chi connectivity index (χ3n) is 2.35. The number of anilines is 1. The van der Waals surface area contributed by atoms with E-state index in [-0.39, 0.29) is 11.8 Å². The van der Waals surface area contributed by atoms with Gasteiger partial charge in [0.1, 0.15) is 0 Å². The minimum absolute atomic E-state index is 0.135. The van der Waals surface area contributed by atoms with Crippen LogP contribution in [0.1, 0.15) is 5.82 Å². The molecule has 2 aromatic heterocycles. The van der Waals surface area contributed by atoms with Gasteiger partial charge in [-0.1, -0.05) is 16.8 Å². The number of halogens is 1. The summed E-state index contributed by atoms with van der Waals surface area (Å²) in [6.45, 7) is 0. The SMILES string of the molecule is Nc1n[nH]c(-c2nc(CSc3ccc(Cl)cc3)no2)n1. The van der Waals surface area contributed by atoms with Gasteiger partial charge in [-0.25, -0.2) is 0 Å². The molecular formula is C11H9ClN6OS. The first-order chi connectivity index (χ1) is 9.70. The molecule has 0 radical (unpaired) electrons. The van der Waals surface area contributed by atoms with E-state index in [2.05, 4.69) is 25.3 Å². The Hall–Kier alpha value is -2.06. The second-order valence-corrected chi connectivity index (χ2v) is 5.29. The molecule has 0 aliphatic carbocycles. The zero-order chi connectivity index (χ0) is 13.9. The zero-order valence-corrected chi connectivity index (χ0v) is 11.6. The number of nitrogens with one attached hydrogen (secondary N) is 1. The van der Waals surface area contributed by atoms with Crippen LogP contribution in [0.25, 0.3) is 11.7 Å². The maximum atomic E-state index is 5.83. The van der Waals surface area contributed by atoms with Crippen LogP contribution in [0.4, 0.5) is 5.95 Å². The van der Waals surface area contributed by atoms with Gasteiger partial charge in [0.25, 0.3) is 5.89 Å². The van der Waals surface area contributed by atoms with Crippen molar-refractivity contribution in [3.63, 3.8) is 0 Å². The molecule has 0 atom stereocenters. The van der Waals surface area contributed by atoms with Crippen LogP contribution >= 0.6 is 23.4 Å². The molecule has 0 bridgehead atoms. The monoisotopic (exact) mass is 308 g/mol. The number of nitrogens with two attached hydrogens (primary N) is 1. The average molecular weight is 309 g/mol. The van der Waals surface area contributed by atoms with Gasteiger partial charge in [0.05, 0.1) is 5.75 Å². The second-order valence-electron chi connectivity index (χ2n) is 3.80. The van der Waals surface area contributed by atoms with Crippen LogP contribution in [0.3, 0.4) is 0 Å². The number of nitrogen functional groups attached to an aromatic ring is 1. The number of thioether (sulfide) groups is 1. The Balaban J connectivity index is 1.67. The predicted molar refractivity (Wildman–Crippen MR) is 75.1 cm³/mol. The summed E-state index contributed by atoms with van der Waals surface area (Å²) in [6, 6.07) is 7.54. The van der Waals surface area contributed by atoms with Crippen LogP contribution in [0.15, 0.2) is 33.7 Å². The molecule has 9 heteroatoms. The quantitative estimate of drug-likeness (QED) is 0.712. The van der Waals surface area contributed by atoms with Crippen LogP contribution in [0.2, 0.25) is 5.02 Å². The number of benzene rings is 1. The standard InChI is InChI=1S/C11H9ClN6OS/c12-6-1-3-7(4-2-6)20-5-8-14-10(19-18-8)9-15-11(13)17-16-9/h1-4H,5H2,(H3,13,15,16,17). The van der Waals surface area contributed by atoms with Gasteiger partial charge in [-0.15, -0.1) is 16.9 Å². The van der Waals surface area contributed by atoms with Crippen molar-refractivity contribution in [1.82, 2.24) is 25.3 Å². The first kappa shape index (κ1) is 12.9. The van der Waals surface area contributed by atoms with Crippen molar-refractivity contribution >= 4 is 29.3 Å². The first-order valence-corrected chi connectivity index (χ1v) is 6.96. The molecule has 2 heterocycles. The summed E-state index contributed by atoms with van der Waals surface area (Å²) in [5.74, 6) is 1.90. The highest BCUT2D eigenvalue weighted by Gasteiger charge is 2.12. The van der Waals surface area contributed by atoms with Crippen molar-refractivity contribution in [2.45, 2.75) is 10.6 Å². The highest BCUT2D eigenvalue weighted by Crippen LogP contribution is 2.24. The largest absolute Gasteiger partial charge is 0.366 e. The van der Waals surface area contributed by atoms with Crippen LogP contribution in [-0.4, -0.2) is 25.3 Å². The molecular weight excluding hydrogens is 300 g/mol. The van der Waals surface area contributed by atoms with Gasteiger partial charge in [0.15, 0.2) is 5.82 Å². The smallest absolute Gasteiger partial charge is 0.295 e. The van der Waals surface area contributed by atoms with E-state index in [9.17, 15) is 0 Å². The second kappa shape index (κ2) is 5.51. The van der Waals surface area contributed by atoms with Gasteiger partial charge in [-0.05, 0) is 24.3 Å². The van der Waals surface area contributed by atoms with E-state index in [1.807, 2.05) is 24.3 Å². The van der Waals surface area contributed by atoms with E-state index in [4.69, 9.17) is 21.9 Å². The van der Waals surface area contributed by atoms with E-state index in [1.165, 1.54) is 0 Å². The van der Waals surface area contributed by atoms with Crippen LogP contribution in [0, 0.1) is 0 Å². The van der Waals surface area contributed by atoms with E-state index < -0.39 is 0 Å². The fourth-order valence-electron chi connectivity index (χ4n) is 1.46. The molecule has 1 aromatic carbocycles. The van der Waals surface area contributed by atoms with E-state index in [0.29, 0.717) is 22.4 Å². The van der Waals surface area contributed by atoms with Crippen molar-refractivity contribution < 1.29 is 4.52 Å². The Morgan fingerprint density at radius 1 is 1.25 bits per heavy atom. The van der Waals surface area contributed by atoms with Gasteiger partial charge >= 0.3 is 0 Å². The van der Waals surface area contributed by atoms with Gasteiger partial charge in [-0.3, -0.25) is 5.10 Å². The predicted octanol–water partition coefficient (Wildman–Crippen LogP) is 2.38. The number of H-pyrrole nitrogens is 1. The van der Waals surface area contributed by atoms with Crippen molar-refractivity contribution in [3.05, 3.63) is 35.1 Å². The minimum atomic E-state index is 0.135. The number of aromatic nitrogens is 5. The van der Waals surface area contributed by atoms with Crippen LogP contribution in [-0.2, 0) is 5.75 Å². The molecule has 3 rings (SSSR count). The average Bonchev–Trinajstić information content (AvgIpc) is 3.07. The molecule has 0 aliphatic rings. The first-order valence-electron chi connectivity index (χ1n) is 5.60. The van der Waals surface area contributed by atoms with Gasteiger partial charge < -0.3 is 10.3 Å². The molecule has 3 aromatic rings. The fraction of sp³-hybridized carbons (Fsp3) is 0.0909. The minimum Gasteiger partial charge on any atom is -0.366 e. The van der Waals surface area contributed by atoms with Gasteiger partial charge in [0, 0.05) is 9.92 Å². The summed E-state index contributed by atoms with van der Waals surface area (Å²) >= 11 is 7.41. The molecule has 0 amide bonds. The van der Waals surface area contributed by atoms with E-state index in [0.717, 1.165) is 4.90 Å². The Bertz CT molecular complexity index is 710. The van der Waals surface area contributed by atoms with Crippen LogP contribution in [0.5, 0.6) is 0 Å². The molecule has 0 fully saturated rings. The van der Waals surface area contributed by atoms with Crippen LogP contribution < -0.4 is 5.73 Å². The maximum Gasteiger partial charge on any atom is 0.295 e. The highest BCUT2D eigenvalue weighted by molar-refractivity contribution is 7.98. The lowest BCUT2D eigenvalue weighted by atomic mass is 10.4. The maximum absolute atomic E-state index is 5.83. The molecule has 7 nitrogen and oxygen atoms in total. The number of rotatable bonds is 4. The lowest BCUT2D eigenvalue weighted by molar-refractivity contribution is 0.422. The Morgan fingerprint density at radius 2 is 2.05 bits per heavy atom. The molecule has 20 heavy (non-hydrogen) atoms. The lowest BCUT2D eigenvalue weighted by Gasteiger charge is -1.97. The third-order valence-corrected chi connectivity index (χ3v) is 3.61. The lowest BCUT2D eigenvalue weighted by Crippen LogP contribution is -1.86. The Morgan fingerprint density at radius 3 is 2.75 bits per heavy atom. The summed E-state index contributed by atoms with van der Waals surface area (Å²) < 4.78 is 5.09. The summed E-state index contributed by atoms with van der Waals surface area (Å²) in [4.78, 5) is 9.20. The zero-order valence-electron chi connectivity index (χ0n) is 10.1. The van der Waals surface area contributed by atoms with Crippen molar-refractivity contribution in [2.24, 2.45) is 0 Å². The van der Waals surface area contributed by atoms with E-state index >= 15 is 0 Å². The molecule has 0 aliphatic heterocycles. The van der Waals surface area contributed by atoms with Gasteiger partial charge in [0.2, 0.25) is 11.8 Å². The number of hydrogen-bond donors (Lipinski definition) is 2. The number of nitrogens with zero attached hydrogens (tertiary/aromatic N) is 4. The Labute approximate surface area is 122 Å². The molecule has 3 N–H and O–H groups in total. The highest BCUT2D eigenvalue weighted by atomic mass is 35.5. The molecule has 0 saturated heterocycles. The fourth-order valence-corrected chi connectivity index (χ4v) is 2.33. The topological polar surface area (TPSA) is 107 Å².